The lowest BCUT2D eigenvalue weighted by molar-refractivity contribution is -0.151. The van der Waals surface area contributed by atoms with Crippen LogP contribution in [0.1, 0.15) is 30.5 Å². The summed E-state index contributed by atoms with van der Waals surface area (Å²) in [6.07, 6.45) is 0.575. The largest absolute Gasteiger partial charge is 0.489 e. The van der Waals surface area contributed by atoms with Gasteiger partial charge in [-0.05, 0) is 47.7 Å². The minimum Gasteiger partial charge on any atom is -0.489 e. The fraction of sp³-hybridized carbons (Fsp3) is 0.241. The molecule has 1 aliphatic heterocycles. The zero-order valence-electron chi connectivity index (χ0n) is 19.8. The summed E-state index contributed by atoms with van der Waals surface area (Å²) >= 11 is 0. The summed E-state index contributed by atoms with van der Waals surface area (Å²) in [7, 11) is 1.33. The molecule has 3 aromatic rings. The number of methoxy groups -OCH3 is 1. The van der Waals surface area contributed by atoms with Crippen molar-refractivity contribution in [2.75, 3.05) is 17.7 Å². The van der Waals surface area contributed by atoms with E-state index < -0.39 is 17.9 Å². The van der Waals surface area contributed by atoms with Gasteiger partial charge in [-0.1, -0.05) is 61.5 Å². The number of rotatable bonds is 5. The number of carbonyl (C=O) groups is 2. The third-order valence-corrected chi connectivity index (χ3v) is 6.69. The van der Waals surface area contributed by atoms with Crippen LogP contribution in [0.3, 0.4) is 0 Å². The van der Waals surface area contributed by atoms with Crippen molar-refractivity contribution in [3.8, 4) is 5.75 Å². The van der Waals surface area contributed by atoms with Crippen molar-refractivity contribution in [1.29, 1.82) is 0 Å². The number of anilines is 2. The zero-order valence-corrected chi connectivity index (χ0v) is 19.8. The monoisotopic (exact) mass is 468 g/mol. The molecule has 6 nitrogen and oxygen atoms in total. The van der Waals surface area contributed by atoms with E-state index in [9.17, 15) is 9.59 Å². The third-order valence-electron chi connectivity index (χ3n) is 6.69. The number of hydrogen-bond donors (Lipinski definition) is 2. The molecule has 0 fully saturated rings. The van der Waals surface area contributed by atoms with Crippen LogP contribution < -0.4 is 15.4 Å². The van der Waals surface area contributed by atoms with Gasteiger partial charge in [-0.15, -0.1) is 0 Å². The van der Waals surface area contributed by atoms with E-state index in [0.29, 0.717) is 18.6 Å². The first-order valence-electron chi connectivity index (χ1n) is 11.8. The first kappa shape index (κ1) is 22.7. The Hall–Kier alpha value is -4.06. The van der Waals surface area contributed by atoms with Gasteiger partial charge in [0.15, 0.2) is 5.78 Å². The average molecular weight is 469 g/mol. The van der Waals surface area contributed by atoms with E-state index in [2.05, 4.69) is 10.6 Å². The first-order valence-corrected chi connectivity index (χ1v) is 11.8. The van der Waals surface area contributed by atoms with Crippen LogP contribution in [-0.2, 0) is 20.9 Å². The molecule has 5 rings (SSSR count). The summed E-state index contributed by atoms with van der Waals surface area (Å²) in [4.78, 5) is 26.2. The number of fused-ring (bicyclic) bond motifs is 1. The number of hydrogen-bond acceptors (Lipinski definition) is 6. The SMILES string of the molecule is COC(=O)[C@H]1C(=O)C2=C(C[C@@H]1C)Nc1ccccc1N[C@H]2c1ccc(OCc2ccccc2)cc1. The van der Waals surface area contributed by atoms with Gasteiger partial charge in [0.2, 0.25) is 0 Å². The van der Waals surface area contributed by atoms with Crippen LogP contribution in [0.5, 0.6) is 5.75 Å². The fourth-order valence-corrected chi connectivity index (χ4v) is 4.88. The average Bonchev–Trinajstić information content (AvgIpc) is 3.05. The second kappa shape index (κ2) is 9.66. The van der Waals surface area contributed by atoms with Crippen LogP contribution in [0.2, 0.25) is 0 Å². The molecule has 178 valence electrons. The number of nitrogens with one attached hydrogen (secondary N) is 2. The summed E-state index contributed by atoms with van der Waals surface area (Å²) in [5.41, 5.74) is 5.22. The Morgan fingerprint density at radius 2 is 1.63 bits per heavy atom. The number of benzene rings is 3. The van der Waals surface area contributed by atoms with Gasteiger partial charge in [0, 0.05) is 11.3 Å². The number of ketones is 1. The third kappa shape index (κ3) is 4.52. The van der Waals surface area contributed by atoms with Gasteiger partial charge in [-0.3, -0.25) is 9.59 Å². The van der Waals surface area contributed by atoms with Gasteiger partial charge in [0.1, 0.15) is 18.3 Å². The lowest BCUT2D eigenvalue weighted by atomic mass is 9.75. The van der Waals surface area contributed by atoms with E-state index in [1.54, 1.807) is 0 Å². The molecule has 1 aliphatic carbocycles. The topological polar surface area (TPSA) is 76.7 Å². The van der Waals surface area contributed by atoms with E-state index in [-0.39, 0.29) is 11.7 Å². The molecule has 2 N–H and O–H groups in total. The predicted molar refractivity (Wildman–Crippen MR) is 135 cm³/mol. The van der Waals surface area contributed by atoms with Crippen LogP contribution >= 0.6 is 0 Å². The Balaban J connectivity index is 1.48. The molecule has 35 heavy (non-hydrogen) atoms. The summed E-state index contributed by atoms with van der Waals surface area (Å²) in [5.74, 6) is -0.928. The Labute approximate surface area is 205 Å². The minimum absolute atomic E-state index is 0.166. The highest BCUT2D eigenvalue weighted by molar-refractivity contribution is 6.11. The lowest BCUT2D eigenvalue weighted by Gasteiger charge is -2.32. The Kier molecular flexibility index (Phi) is 6.27. The fourth-order valence-electron chi connectivity index (χ4n) is 4.88. The van der Waals surface area contributed by atoms with Gasteiger partial charge in [0.25, 0.3) is 0 Å². The van der Waals surface area contributed by atoms with Gasteiger partial charge in [-0.2, -0.15) is 0 Å². The zero-order chi connectivity index (χ0) is 24.4. The standard InChI is InChI=1S/C29H28N2O4/c1-18-16-24-26(28(32)25(18)29(33)34-2)27(31-23-11-7-6-10-22(23)30-24)20-12-14-21(15-13-20)35-17-19-8-4-3-5-9-19/h3-15,18,25,27,30-31H,16-17H2,1-2H3/t18-,25+,27-/m0/s1. The van der Waals surface area contributed by atoms with Crippen molar-refractivity contribution in [3.05, 3.63) is 101 Å². The summed E-state index contributed by atoms with van der Waals surface area (Å²) < 4.78 is 10.9. The summed E-state index contributed by atoms with van der Waals surface area (Å²) in [6, 6.07) is 25.2. The van der Waals surface area contributed by atoms with Crippen LogP contribution in [0.25, 0.3) is 0 Å². The minimum atomic E-state index is -0.820. The van der Waals surface area contributed by atoms with Crippen molar-refractivity contribution >= 4 is 23.1 Å². The molecule has 0 radical (unpaired) electrons. The van der Waals surface area contributed by atoms with Crippen molar-refractivity contribution in [3.63, 3.8) is 0 Å². The molecule has 3 atom stereocenters. The van der Waals surface area contributed by atoms with Crippen molar-refractivity contribution in [1.82, 2.24) is 0 Å². The summed E-state index contributed by atoms with van der Waals surface area (Å²) in [6.45, 7) is 2.40. The number of para-hydroxylation sites is 2. The molecule has 0 saturated heterocycles. The van der Waals surface area contributed by atoms with Crippen LogP contribution in [0, 0.1) is 11.8 Å². The number of esters is 1. The number of allylic oxidation sites excluding steroid dienone is 1. The molecule has 3 aromatic carbocycles. The lowest BCUT2D eigenvalue weighted by Crippen LogP contribution is -2.39. The molecular formula is C29H28N2O4. The molecule has 0 unspecified atom stereocenters. The highest BCUT2D eigenvalue weighted by Crippen LogP contribution is 2.43. The highest BCUT2D eigenvalue weighted by atomic mass is 16.5. The molecule has 0 aromatic heterocycles. The van der Waals surface area contributed by atoms with Crippen molar-refractivity contribution in [2.45, 2.75) is 26.0 Å². The Morgan fingerprint density at radius 1 is 0.943 bits per heavy atom. The van der Waals surface area contributed by atoms with Gasteiger partial charge in [0.05, 0.1) is 24.5 Å². The smallest absolute Gasteiger partial charge is 0.316 e. The maximum absolute atomic E-state index is 13.7. The van der Waals surface area contributed by atoms with Crippen LogP contribution in [0.15, 0.2) is 90.1 Å². The number of carbonyl (C=O) groups excluding carboxylic acids is 2. The summed E-state index contributed by atoms with van der Waals surface area (Å²) in [5, 5.41) is 7.01. The predicted octanol–water partition coefficient (Wildman–Crippen LogP) is 5.50. The normalized spacial score (nSPS) is 21.1. The maximum atomic E-state index is 13.7. The quantitative estimate of drug-likeness (QED) is 0.381. The molecule has 0 saturated carbocycles. The maximum Gasteiger partial charge on any atom is 0.316 e. The van der Waals surface area contributed by atoms with E-state index in [1.165, 1.54) is 7.11 Å². The van der Waals surface area contributed by atoms with Gasteiger partial charge >= 0.3 is 5.97 Å². The second-order valence-corrected chi connectivity index (χ2v) is 9.03. The first-order chi connectivity index (χ1) is 17.0. The molecular weight excluding hydrogens is 440 g/mol. The molecule has 6 heteroatoms. The molecule has 0 bridgehead atoms. The van der Waals surface area contributed by atoms with E-state index >= 15 is 0 Å². The van der Waals surface area contributed by atoms with Gasteiger partial charge < -0.3 is 20.1 Å². The number of Topliss-reactive ketones (excluding diaryl/α,β-unsaturated/α-hetero) is 1. The van der Waals surface area contributed by atoms with Crippen LogP contribution in [0.4, 0.5) is 11.4 Å². The van der Waals surface area contributed by atoms with Crippen molar-refractivity contribution in [2.24, 2.45) is 11.8 Å². The van der Waals surface area contributed by atoms with Crippen molar-refractivity contribution < 1.29 is 19.1 Å². The molecule has 0 amide bonds. The van der Waals surface area contributed by atoms with Crippen LogP contribution in [-0.4, -0.2) is 18.9 Å². The number of ether oxygens (including phenoxy) is 2. The van der Waals surface area contributed by atoms with E-state index in [0.717, 1.165) is 33.9 Å². The molecule has 1 heterocycles. The van der Waals surface area contributed by atoms with Gasteiger partial charge in [-0.25, -0.2) is 0 Å². The Bertz CT molecular complexity index is 1270. The molecule has 2 aliphatic rings. The van der Waals surface area contributed by atoms with E-state index in [1.807, 2.05) is 85.8 Å². The highest BCUT2D eigenvalue weighted by Gasteiger charge is 2.44. The van der Waals surface area contributed by atoms with E-state index in [4.69, 9.17) is 9.47 Å². The second-order valence-electron chi connectivity index (χ2n) is 9.03. The Morgan fingerprint density at radius 3 is 2.34 bits per heavy atom. The molecule has 0 spiro atoms.